The third-order valence-corrected chi connectivity index (χ3v) is 5.50. The van der Waals surface area contributed by atoms with Gasteiger partial charge >= 0.3 is 0 Å². The molecule has 118 valence electrons. The number of amides is 1. The first-order valence-electron chi connectivity index (χ1n) is 6.68. The number of fused-ring (bicyclic) bond motifs is 1. The number of aromatic nitrogens is 1. The van der Waals surface area contributed by atoms with Crippen LogP contribution >= 0.6 is 11.3 Å². The number of thiazole rings is 1. The van der Waals surface area contributed by atoms with E-state index >= 15 is 0 Å². The Morgan fingerprint density at radius 3 is 2.61 bits per heavy atom. The maximum absolute atomic E-state index is 12.6. The van der Waals surface area contributed by atoms with E-state index in [0.29, 0.717) is 21.5 Å². The smallest absolute Gasteiger partial charge is 0.264 e. The van der Waals surface area contributed by atoms with Crippen LogP contribution in [0.15, 0.2) is 52.9 Å². The van der Waals surface area contributed by atoms with Gasteiger partial charge in [0.05, 0.1) is 11.3 Å². The maximum atomic E-state index is 12.6. The van der Waals surface area contributed by atoms with Crippen LogP contribution in [0.3, 0.4) is 0 Å². The molecule has 0 bridgehead atoms. The average molecular weight is 347 g/mol. The Morgan fingerprint density at radius 2 is 1.91 bits per heavy atom. The number of nitrogens with one attached hydrogen (secondary N) is 1. The van der Waals surface area contributed by atoms with Crippen molar-refractivity contribution < 1.29 is 13.2 Å². The number of carbonyl (C=O) groups is 1. The highest BCUT2D eigenvalue weighted by atomic mass is 32.2. The van der Waals surface area contributed by atoms with E-state index < -0.39 is 15.9 Å². The predicted octanol–water partition coefficient (Wildman–Crippen LogP) is 2.12. The fraction of sp³-hybridized carbons (Fsp3) is 0.0667. The molecule has 8 heteroatoms. The summed E-state index contributed by atoms with van der Waals surface area (Å²) in [6.07, 6.45) is 1.58. The van der Waals surface area contributed by atoms with Gasteiger partial charge in [-0.05, 0) is 17.0 Å². The SMILES string of the molecule is NC(=O)Cc1cccc2c(S(=O)(=O)Nc3nccs3)cccc12. The van der Waals surface area contributed by atoms with Crippen molar-refractivity contribution in [3.63, 3.8) is 0 Å². The summed E-state index contributed by atoms with van der Waals surface area (Å²) in [5, 5.41) is 3.21. The number of carbonyl (C=O) groups excluding carboxylic acids is 1. The van der Waals surface area contributed by atoms with Gasteiger partial charge in [-0.3, -0.25) is 9.52 Å². The number of benzene rings is 2. The third kappa shape index (κ3) is 3.17. The summed E-state index contributed by atoms with van der Waals surface area (Å²) in [7, 11) is -3.77. The first-order valence-corrected chi connectivity index (χ1v) is 9.05. The summed E-state index contributed by atoms with van der Waals surface area (Å²) >= 11 is 1.20. The minimum absolute atomic E-state index is 0.0563. The molecule has 0 radical (unpaired) electrons. The minimum Gasteiger partial charge on any atom is -0.369 e. The fourth-order valence-corrected chi connectivity index (χ4v) is 4.38. The van der Waals surface area contributed by atoms with E-state index in [4.69, 9.17) is 5.73 Å². The van der Waals surface area contributed by atoms with Crippen molar-refractivity contribution in [1.29, 1.82) is 0 Å². The van der Waals surface area contributed by atoms with Gasteiger partial charge in [0.2, 0.25) is 5.91 Å². The molecule has 0 saturated carbocycles. The van der Waals surface area contributed by atoms with Crippen LogP contribution in [-0.4, -0.2) is 19.3 Å². The predicted molar refractivity (Wildman–Crippen MR) is 89.8 cm³/mol. The van der Waals surface area contributed by atoms with Crippen LogP contribution in [0.4, 0.5) is 5.13 Å². The standard InChI is InChI=1S/C15H13N3O3S2/c16-14(19)9-10-3-1-5-12-11(10)4-2-6-13(12)23(20,21)18-15-17-7-8-22-15/h1-8H,9H2,(H2,16,19)(H,17,18). The minimum atomic E-state index is -3.77. The molecular weight excluding hydrogens is 334 g/mol. The molecule has 0 fully saturated rings. The topological polar surface area (TPSA) is 102 Å². The average Bonchev–Trinajstić information content (AvgIpc) is 2.98. The third-order valence-electron chi connectivity index (χ3n) is 3.28. The number of rotatable bonds is 5. The van der Waals surface area contributed by atoms with Gasteiger partial charge in [-0.15, -0.1) is 11.3 Å². The zero-order chi connectivity index (χ0) is 16.4. The van der Waals surface area contributed by atoms with Crippen LogP contribution in [-0.2, 0) is 21.2 Å². The number of anilines is 1. The molecule has 0 saturated heterocycles. The van der Waals surface area contributed by atoms with Crippen LogP contribution in [0.2, 0.25) is 0 Å². The molecule has 2 aromatic carbocycles. The Balaban J connectivity index is 2.13. The summed E-state index contributed by atoms with van der Waals surface area (Å²) in [6, 6.07) is 10.1. The lowest BCUT2D eigenvalue weighted by Gasteiger charge is -2.11. The highest BCUT2D eigenvalue weighted by molar-refractivity contribution is 7.93. The summed E-state index contributed by atoms with van der Waals surface area (Å²) in [6.45, 7) is 0. The monoisotopic (exact) mass is 347 g/mol. The molecular formula is C15H13N3O3S2. The molecule has 0 aliphatic heterocycles. The van der Waals surface area contributed by atoms with E-state index in [2.05, 4.69) is 9.71 Å². The van der Waals surface area contributed by atoms with Crippen molar-refractivity contribution in [2.24, 2.45) is 5.73 Å². The number of hydrogen-bond acceptors (Lipinski definition) is 5. The summed E-state index contributed by atoms with van der Waals surface area (Å²) in [4.78, 5) is 15.3. The van der Waals surface area contributed by atoms with E-state index in [9.17, 15) is 13.2 Å². The number of nitrogens with zero attached hydrogens (tertiary/aromatic N) is 1. The Kier molecular flexibility index (Phi) is 4.01. The van der Waals surface area contributed by atoms with Gasteiger partial charge in [-0.2, -0.15) is 0 Å². The molecule has 0 atom stereocenters. The molecule has 0 aliphatic rings. The molecule has 0 spiro atoms. The van der Waals surface area contributed by atoms with Gasteiger partial charge in [-0.1, -0.05) is 30.3 Å². The van der Waals surface area contributed by atoms with Gasteiger partial charge in [0, 0.05) is 17.0 Å². The summed E-state index contributed by atoms with van der Waals surface area (Å²) in [5.41, 5.74) is 5.95. The maximum Gasteiger partial charge on any atom is 0.264 e. The molecule has 0 unspecified atom stereocenters. The van der Waals surface area contributed by atoms with Gasteiger partial charge in [0.1, 0.15) is 0 Å². The van der Waals surface area contributed by atoms with Crippen molar-refractivity contribution in [3.05, 3.63) is 53.5 Å². The molecule has 6 nitrogen and oxygen atoms in total. The van der Waals surface area contributed by atoms with Gasteiger partial charge < -0.3 is 5.73 Å². The van der Waals surface area contributed by atoms with E-state index in [-0.39, 0.29) is 11.3 Å². The number of hydrogen-bond donors (Lipinski definition) is 2. The zero-order valence-corrected chi connectivity index (χ0v) is 13.5. The Morgan fingerprint density at radius 1 is 1.17 bits per heavy atom. The van der Waals surface area contributed by atoms with E-state index in [0.717, 1.165) is 0 Å². The lowest BCUT2D eigenvalue weighted by atomic mass is 10.0. The van der Waals surface area contributed by atoms with Crippen molar-refractivity contribution in [2.45, 2.75) is 11.3 Å². The zero-order valence-electron chi connectivity index (χ0n) is 11.9. The van der Waals surface area contributed by atoms with Gasteiger partial charge in [-0.25, -0.2) is 13.4 Å². The van der Waals surface area contributed by atoms with E-state index in [1.807, 2.05) is 0 Å². The second kappa shape index (κ2) is 5.98. The lowest BCUT2D eigenvalue weighted by Crippen LogP contribution is -2.15. The van der Waals surface area contributed by atoms with E-state index in [1.54, 1.807) is 35.7 Å². The van der Waals surface area contributed by atoms with Crippen LogP contribution < -0.4 is 10.5 Å². The second-order valence-corrected chi connectivity index (χ2v) is 7.40. The molecule has 3 N–H and O–H groups in total. The molecule has 23 heavy (non-hydrogen) atoms. The Labute approximate surface area is 137 Å². The number of nitrogens with two attached hydrogens (primary N) is 1. The van der Waals surface area contributed by atoms with Crippen molar-refractivity contribution in [1.82, 2.24) is 4.98 Å². The summed E-state index contributed by atoms with van der Waals surface area (Å²) in [5.74, 6) is -0.466. The lowest BCUT2D eigenvalue weighted by molar-refractivity contribution is -0.117. The quantitative estimate of drug-likeness (QED) is 0.738. The molecule has 3 aromatic rings. The van der Waals surface area contributed by atoms with Crippen LogP contribution in [0.25, 0.3) is 10.8 Å². The van der Waals surface area contributed by atoms with Gasteiger partial charge in [0.15, 0.2) is 5.13 Å². The first-order chi connectivity index (χ1) is 11.0. The highest BCUT2D eigenvalue weighted by Gasteiger charge is 2.19. The molecule has 1 amide bonds. The second-order valence-electron chi connectivity index (χ2n) is 4.85. The molecule has 1 aromatic heterocycles. The molecule has 0 aliphatic carbocycles. The number of primary amides is 1. The van der Waals surface area contributed by atoms with Gasteiger partial charge in [0.25, 0.3) is 10.0 Å². The van der Waals surface area contributed by atoms with Crippen molar-refractivity contribution in [2.75, 3.05) is 4.72 Å². The Hall–Kier alpha value is -2.45. The van der Waals surface area contributed by atoms with Crippen molar-refractivity contribution >= 4 is 43.2 Å². The largest absolute Gasteiger partial charge is 0.369 e. The Bertz CT molecular complexity index is 967. The molecule has 3 rings (SSSR count). The first kappa shape index (κ1) is 15.4. The number of sulfonamides is 1. The highest BCUT2D eigenvalue weighted by Crippen LogP contribution is 2.28. The van der Waals surface area contributed by atoms with Crippen LogP contribution in [0.5, 0.6) is 0 Å². The fourth-order valence-electron chi connectivity index (χ4n) is 2.37. The normalized spacial score (nSPS) is 11.5. The van der Waals surface area contributed by atoms with Crippen LogP contribution in [0.1, 0.15) is 5.56 Å². The molecule has 1 heterocycles. The van der Waals surface area contributed by atoms with Crippen LogP contribution in [0, 0.1) is 0 Å². The summed E-state index contributed by atoms with van der Waals surface area (Å²) < 4.78 is 27.7. The van der Waals surface area contributed by atoms with E-state index in [1.165, 1.54) is 23.6 Å². The van der Waals surface area contributed by atoms with Crippen molar-refractivity contribution in [3.8, 4) is 0 Å².